The standard InChI is InChI=1S/9C6H5NO2.3Cr/c9*8-6(9)5-3-1-2-4-7-5;;;/h9*1-4H,(H,8,9);;;/q;;;;;;;;;3*+3/p-9. The maximum Gasteiger partial charge on any atom is 3.00 e. The minimum absolute atomic E-state index is 0. The molecule has 9 heterocycles. The van der Waals surface area contributed by atoms with Gasteiger partial charge in [-0.2, -0.15) is 0 Å². The number of carbonyl (C=O) groups is 9. The van der Waals surface area contributed by atoms with E-state index in [0.29, 0.717) is 0 Å². The fraction of sp³-hybridized carbons (Fsp3) is 0. The number of hydrogen-bond acceptors (Lipinski definition) is 27. The molecule has 30 heteroatoms. The van der Waals surface area contributed by atoms with Crippen molar-refractivity contribution in [2.24, 2.45) is 0 Å². The zero-order valence-corrected chi connectivity index (χ0v) is 46.2. The first kappa shape index (κ1) is 77.4. The molecule has 423 valence electrons. The summed E-state index contributed by atoms with van der Waals surface area (Å²) >= 11 is 0. The van der Waals surface area contributed by atoms with E-state index in [4.69, 9.17) is 0 Å². The second-order valence-electron chi connectivity index (χ2n) is 13.5. The Kier molecular flexibility index (Phi) is 43.3. The van der Waals surface area contributed by atoms with Gasteiger partial charge >= 0.3 is 52.1 Å². The number of aromatic carboxylic acids is 9. The Morgan fingerprint density at radius 1 is 0.179 bits per heavy atom. The number of aromatic nitrogens is 9. The number of carboxylic acid groups (broad SMARTS) is 9. The van der Waals surface area contributed by atoms with Gasteiger partial charge in [-0.3, -0.25) is 44.9 Å². The summed E-state index contributed by atoms with van der Waals surface area (Å²) in [4.78, 5) is 122. The maximum absolute atomic E-state index is 10.0. The fourth-order valence-electron chi connectivity index (χ4n) is 4.35. The predicted molar refractivity (Wildman–Crippen MR) is 257 cm³/mol. The first-order chi connectivity index (χ1) is 38.7. The van der Waals surface area contributed by atoms with Crippen LogP contribution in [0.2, 0.25) is 0 Å². The summed E-state index contributed by atoms with van der Waals surface area (Å²) < 4.78 is 0. The van der Waals surface area contributed by atoms with Gasteiger partial charge in [-0.1, -0.05) is 54.6 Å². The molecule has 0 aliphatic carbocycles. The predicted octanol–water partition coefficient (Wildman–Crippen LogP) is -5.00. The van der Waals surface area contributed by atoms with E-state index in [0.717, 1.165) is 0 Å². The van der Waals surface area contributed by atoms with E-state index in [1.54, 1.807) is 109 Å². The Hall–Kier alpha value is -10.8. The topological polar surface area (TPSA) is 477 Å². The van der Waals surface area contributed by atoms with E-state index in [1.807, 2.05) is 0 Å². The van der Waals surface area contributed by atoms with Gasteiger partial charge in [0.1, 0.15) is 0 Å². The molecule has 0 saturated carbocycles. The van der Waals surface area contributed by atoms with E-state index < -0.39 is 53.7 Å². The van der Waals surface area contributed by atoms with Crippen molar-refractivity contribution in [3.8, 4) is 0 Å². The molecule has 0 unspecified atom stereocenters. The monoisotopic (exact) mass is 1250 g/mol. The average Bonchev–Trinajstić information content (AvgIpc) is 3.50. The van der Waals surface area contributed by atoms with Crippen LogP contribution in [0, 0.1) is 0 Å². The number of nitrogens with zero attached hydrogens (tertiary/aromatic N) is 9. The van der Waals surface area contributed by atoms with Crippen molar-refractivity contribution < 1.29 is 141 Å². The third-order valence-electron chi connectivity index (χ3n) is 7.87. The number of hydrogen-bond donors (Lipinski definition) is 0. The molecule has 0 amide bonds. The Morgan fingerprint density at radius 3 is 0.298 bits per heavy atom. The molecule has 3 radical (unpaired) electrons. The average molecular weight is 1250 g/mol. The number of carboxylic acids is 9. The maximum atomic E-state index is 10.0. The van der Waals surface area contributed by atoms with Gasteiger partial charge in [0, 0.05) is 55.8 Å². The molecule has 9 aromatic rings. The van der Waals surface area contributed by atoms with Gasteiger partial charge in [-0.25, -0.2) is 0 Å². The SMILES string of the molecule is O=C([O-])c1ccccn1.O=C([O-])c1ccccn1.O=C([O-])c1ccccn1.O=C([O-])c1ccccn1.O=C([O-])c1ccccn1.O=C([O-])c1ccccn1.O=C([O-])c1ccccn1.O=C([O-])c1ccccn1.O=C([O-])c1ccccn1.[Cr+3].[Cr+3].[Cr+3]. The summed E-state index contributed by atoms with van der Waals surface area (Å²) in [5.74, 6) is -11.2. The van der Waals surface area contributed by atoms with Crippen LogP contribution >= 0.6 is 0 Å². The normalized spacial score (nSPS) is 8.57. The van der Waals surface area contributed by atoms with Gasteiger partial charge in [0.25, 0.3) is 0 Å². The van der Waals surface area contributed by atoms with Crippen molar-refractivity contribution in [1.29, 1.82) is 0 Å². The zero-order chi connectivity index (χ0) is 60.2. The van der Waals surface area contributed by atoms with Gasteiger partial charge in [0.05, 0.1) is 105 Å². The Labute approximate surface area is 507 Å². The van der Waals surface area contributed by atoms with Gasteiger partial charge in [0.15, 0.2) is 0 Å². The summed E-state index contributed by atoms with van der Waals surface area (Å²) in [6, 6.07) is 41.6. The fourth-order valence-corrected chi connectivity index (χ4v) is 4.35. The molecular formula is C54H36Cr3N9O18. The number of rotatable bonds is 9. The molecule has 0 aromatic carbocycles. The summed E-state index contributed by atoms with van der Waals surface area (Å²) in [7, 11) is 0. The van der Waals surface area contributed by atoms with Crippen LogP contribution in [0.1, 0.15) is 94.4 Å². The summed E-state index contributed by atoms with van der Waals surface area (Å²) in [6.45, 7) is 0. The molecule has 9 aromatic heterocycles. The van der Waals surface area contributed by atoms with E-state index >= 15 is 0 Å². The van der Waals surface area contributed by atoms with Crippen LogP contribution in [0.3, 0.4) is 0 Å². The molecule has 84 heavy (non-hydrogen) atoms. The van der Waals surface area contributed by atoms with Crippen molar-refractivity contribution in [3.05, 3.63) is 271 Å². The van der Waals surface area contributed by atoms with Crippen molar-refractivity contribution in [2.75, 3.05) is 0 Å². The first-order valence-corrected chi connectivity index (χ1v) is 21.9. The molecule has 0 atom stereocenters. The third-order valence-corrected chi connectivity index (χ3v) is 7.87. The summed E-state index contributed by atoms with van der Waals surface area (Å²) in [5, 5.41) is 90.2. The van der Waals surface area contributed by atoms with Crippen molar-refractivity contribution in [1.82, 2.24) is 44.9 Å². The molecule has 0 N–H and O–H groups in total. The molecule has 0 saturated heterocycles. The number of carbonyl (C=O) groups excluding carboxylic acids is 9. The minimum atomic E-state index is -1.24. The van der Waals surface area contributed by atoms with Crippen molar-refractivity contribution >= 4 is 53.7 Å². The van der Waals surface area contributed by atoms with Crippen LogP contribution in [0.25, 0.3) is 0 Å². The smallest absolute Gasteiger partial charge is 0.543 e. The second kappa shape index (κ2) is 47.0. The molecule has 0 aliphatic heterocycles. The van der Waals surface area contributed by atoms with E-state index in [9.17, 15) is 89.1 Å². The van der Waals surface area contributed by atoms with Crippen LogP contribution in [0.15, 0.2) is 220 Å². The van der Waals surface area contributed by atoms with E-state index in [2.05, 4.69) is 44.9 Å². The minimum Gasteiger partial charge on any atom is -0.543 e. The van der Waals surface area contributed by atoms with Crippen molar-refractivity contribution in [3.63, 3.8) is 0 Å². The van der Waals surface area contributed by atoms with Crippen LogP contribution in [-0.2, 0) is 52.1 Å². The molecule has 0 spiro atoms. The van der Waals surface area contributed by atoms with E-state index in [-0.39, 0.29) is 103 Å². The Morgan fingerprint density at radius 2 is 0.262 bits per heavy atom. The molecule has 0 fully saturated rings. The molecular weight excluding hydrogens is 1220 g/mol. The third kappa shape index (κ3) is 37.1. The van der Waals surface area contributed by atoms with Gasteiger partial charge in [-0.05, 0) is 109 Å². The summed E-state index contributed by atoms with van der Waals surface area (Å²) in [6.07, 6.45) is 12.7. The Balaban J connectivity index is -0.000000875. The summed E-state index contributed by atoms with van der Waals surface area (Å²) in [5.41, 5.74) is -0.271. The van der Waals surface area contributed by atoms with Gasteiger partial charge in [-0.15, -0.1) is 0 Å². The largest absolute Gasteiger partial charge is 3.00 e. The van der Waals surface area contributed by atoms with Crippen LogP contribution in [-0.4, -0.2) is 98.6 Å². The van der Waals surface area contributed by atoms with Crippen LogP contribution < -0.4 is 46.0 Å². The second-order valence-corrected chi connectivity index (χ2v) is 13.5. The molecule has 27 nitrogen and oxygen atoms in total. The zero-order valence-electron chi connectivity index (χ0n) is 42.4. The molecule has 0 bridgehead atoms. The van der Waals surface area contributed by atoms with Gasteiger partial charge in [0.2, 0.25) is 0 Å². The first-order valence-electron chi connectivity index (χ1n) is 21.9. The van der Waals surface area contributed by atoms with Crippen LogP contribution in [0.4, 0.5) is 0 Å². The van der Waals surface area contributed by atoms with E-state index in [1.165, 1.54) is 110 Å². The van der Waals surface area contributed by atoms with Crippen LogP contribution in [0.5, 0.6) is 0 Å². The quantitative estimate of drug-likeness (QED) is 0.131. The number of pyridine rings is 9. The molecule has 9 rings (SSSR count). The Bertz CT molecular complexity index is 2590. The van der Waals surface area contributed by atoms with Gasteiger partial charge < -0.3 is 89.1 Å². The molecule has 0 aliphatic rings. The van der Waals surface area contributed by atoms with Crippen molar-refractivity contribution in [2.45, 2.75) is 0 Å².